The highest BCUT2D eigenvalue weighted by Crippen LogP contribution is 2.45. The molecule has 2 aromatic heterocycles. The summed E-state index contributed by atoms with van der Waals surface area (Å²) in [4.78, 5) is 2.42. The van der Waals surface area contributed by atoms with E-state index in [4.69, 9.17) is 0 Å². The Labute approximate surface area is 424 Å². The molecule has 3 heteroatoms. The standard InChI is InChI=1S/C70H47N3/c1-4-16-48(17-5-1)49-28-30-50(31-29-49)51-32-38-57(39-33-51)71(58-40-34-52(35-41-58)53-36-42-64-62-24-12-14-26-66(62)73(70(64)47-53)56-20-8-3-9-21-56)68-45-43-59(60-22-10-11-23-61(60)68)54-37-44-69-65(46-54)63-25-13-15-27-67(63)72(69)55-18-6-2-7-19-55/h1-47H. The maximum absolute atomic E-state index is 2.42. The predicted octanol–water partition coefficient (Wildman–Crippen LogP) is 19.2. The zero-order valence-electron chi connectivity index (χ0n) is 40.0. The first-order valence-electron chi connectivity index (χ1n) is 25.1. The number of benzene rings is 12. The third kappa shape index (κ3) is 7.29. The average Bonchev–Trinajstić information content (AvgIpc) is 3.98. The molecule has 0 atom stereocenters. The topological polar surface area (TPSA) is 13.1 Å². The van der Waals surface area contributed by atoms with Crippen LogP contribution in [0.4, 0.5) is 17.1 Å². The molecule has 0 amide bonds. The summed E-state index contributed by atoms with van der Waals surface area (Å²) in [6.45, 7) is 0. The van der Waals surface area contributed by atoms with Gasteiger partial charge in [0.15, 0.2) is 0 Å². The van der Waals surface area contributed by atoms with Gasteiger partial charge in [-0.25, -0.2) is 0 Å². The SMILES string of the molecule is c1ccc(-c2ccc(-c3ccc(N(c4ccc(-c5ccc6c7ccccc7n(-c7ccccc7)c6c5)cc4)c4ccc(-c5ccc6c(c5)c5ccccc5n6-c5ccccc5)c5ccccc45)cc3)cc2)cc1. The lowest BCUT2D eigenvalue weighted by molar-refractivity contribution is 1.18. The highest BCUT2D eigenvalue weighted by molar-refractivity contribution is 6.13. The van der Waals surface area contributed by atoms with Crippen molar-refractivity contribution >= 4 is 71.4 Å². The second-order valence-electron chi connectivity index (χ2n) is 18.9. The van der Waals surface area contributed by atoms with Crippen molar-refractivity contribution in [3.63, 3.8) is 0 Å². The van der Waals surface area contributed by atoms with Gasteiger partial charge in [-0.1, -0.05) is 200 Å². The Hall–Kier alpha value is -9.70. The third-order valence-corrected chi connectivity index (χ3v) is 14.7. The van der Waals surface area contributed by atoms with Gasteiger partial charge >= 0.3 is 0 Å². The molecule has 0 aliphatic heterocycles. The van der Waals surface area contributed by atoms with Crippen LogP contribution in [0.5, 0.6) is 0 Å². The zero-order valence-corrected chi connectivity index (χ0v) is 40.0. The number of anilines is 3. The first kappa shape index (κ1) is 42.2. The molecule has 12 aromatic carbocycles. The minimum atomic E-state index is 1.08. The van der Waals surface area contributed by atoms with E-state index in [2.05, 4.69) is 299 Å². The van der Waals surface area contributed by atoms with Crippen LogP contribution in [0.2, 0.25) is 0 Å². The van der Waals surface area contributed by atoms with E-state index in [0.717, 1.165) is 34.0 Å². The van der Waals surface area contributed by atoms with Crippen LogP contribution in [0.1, 0.15) is 0 Å². The molecule has 0 bridgehead atoms. The summed E-state index contributed by atoms with van der Waals surface area (Å²) in [7, 11) is 0. The molecule has 0 unspecified atom stereocenters. The molecule has 3 nitrogen and oxygen atoms in total. The Morgan fingerprint density at radius 3 is 1.21 bits per heavy atom. The first-order valence-corrected chi connectivity index (χ1v) is 25.1. The summed E-state index contributed by atoms with van der Waals surface area (Å²) >= 11 is 0. The molecule has 0 aliphatic carbocycles. The monoisotopic (exact) mass is 929 g/mol. The van der Waals surface area contributed by atoms with Crippen molar-refractivity contribution in [3.05, 3.63) is 285 Å². The van der Waals surface area contributed by atoms with E-state index in [0.29, 0.717) is 0 Å². The minimum absolute atomic E-state index is 1.08. The van der Waals surface area contributed by atoms with Crippen LogP contribution in [0, 0.1) is 0 Å². The fraction of sp³-hybridized carbons (Fsp3) is 0. The lowest BCUT2D eigenvalue weighted by Gasteiger charge is -2.28. The van der Waals surface area contributed by atoms with Gasteiger partial charge in [-0.15, -0.1) is 0 Å². The van der Waals surface area contributed by atoms with Gasteiger partial charge in [-0.2, -0.15) is 0 Å². The Morgan fingerprint density at radius 2 is 0.616 bits per heavy atom. The molecule has 0 radical (unpaired) electrons. The van der Waals surface area contributed by atoms with E-state index in [9.17, 15) is 0 Å². The molecule has 342 valence electrons. The van der Waals surface area contributed by atoms with Gasteiger partial charge in [-0.05, 0) is 135 Å². The first-order chi connectivity index (χ1) is 36.2. The molecule has 0 spiro atoms. The number of hydrogen-bond donors (Lipinski definition) is 0. The molecular weight excluding hydrogens is 883 g/mol. The Kier molecular flexibility index (Phi) is 10.2. The second kappa shape index (κ2) is 17.6. The number of nitrogens with zero attached hydrogens (tertiary/aromatic N) is 3. The number of aromatic nitrogens is 2. The summed E-state index contributed by atoms with van der Waals surface area (Å²) in [5, 5.41) is 7.36. The van der Waals surface area contributed by atoms with Crippen LogP contribution in [-0.2, 0) is 0 Å². The van der Waals surface area contributed by atoms with Crippen molar-refractivity contribution in [1.29, 1.82) is 0 Å². The van der Waals surface area contributed by atoms with Crippen LogP contribution in [0.15, 0.2) is 285 Å². The van der Waals surface area contributed by atoms with Gasteiger partial charge in [0.05, 0.1) is 27.8 Å². The molecule has 0 saturated heterocycles. The quantitative estimate of drug-likeness (QED) is 0.141. The molecule has 0 fully saturated rings. The molecule has 0 N–H and O–H groups in total. The summed E-state index contributed by atoms with van der Waals surface area (Å²) in [6.07, 6.45) is 0. The molecule has 14 rings (SSSR count). The lowest BCUT2D eigenvalue weighted by Crippen LogP contribution is -2.10. The van der Waals surface area contributed by atoms with Crippen molar-refractivity contribution < 1.29 is 0 Å². The van der Waals surface area contributed by atoms with Crippen LogP contribution >= 0.6 is 0 Å². The normalized spacial score (nSPS) is 11.6. The van der Waals surface area contributed by atoms with Crippen LogP contribution in [0.25, 0.3) is 110 Å². The fourth-order valence-electron chi connectivity index (χ4n) is 11.2. The number of fused-ring (bicyclic) bond motifs is 7. The molecule has 0 aliphatic rings. The van der Waals surface area contributed by atoms with Crippen molar-refractivity contribution in [2.45, 2.75) is 0 Å². The summed E-state index contributed by atoms with van der Waals surface area (Å²) < 4.78 is 4.77. The smallest absolute Gasteiger partial charge is 0.0547 e. The van der Waals surface area contributed by atoms with Gasteiger partial charge < -0.3 is 14.0 Å². The number of para-hydroxylation sites is 4. The lowest BCUT2D eigenvalue weighted by atomic mass is 9.95. The van der Waals surface area contributed by atoms with Gasteiger partial charge in [0.25, 0.3) is 0 Å². The fourth-order valence-corrected chi connectivity index (χ4v) is 11.2. The van der Waals surface area contributed by atoms with Gasteiger partial charge in [0.1, 0.15) is 0 Å². The van der Waals surface area contributed by atoms with E-state index < -0.39 is 0 Å². The Bertz CT molecular complexity index is 4320. The minimum Gasteiger partial charge on any atom is -0.310 e. The van der Waals surface area contributed by atoms with Crippen molar-refractivity contribution in [2.24, 2.45) is 0 Å². The second-order valence-corrected chi connectivity index (χ2v) is 18.9. The Morgan fingerprint density at radius 1 is 0.219 bits per heavy atom. The molecular formula is C70H47N3. The van der Waals surface area contributed by atoms with E-state index in [-0.39, 0.29) is 0 Å². The third-order valence-electron chi connectivity index (χ3n) is 14.7. The summed E-state index contributed by atoms with van der Waals surface area (Å²) in [6, 6.07) is 104. The highest BCUT2D eigenvalue weighted by Gasteiger charge is 2.20. The molecule has 14 aromatic rings. The van der Waals surface area contributed by atoms with Crippen LogP contribution in [0.3, 0.4) is 0 Å². The molecule has 0 saturated carbocycles. The largest absolute Gasteiger partial charge is 0.310 e. The van der Waals surface area contributed by atoms with Crippen LogP contribution in [-0.4, -0.2) is 9.13 Å². The van der Waals surface area contributed by atoms with E-state index in [1.807, 2.05) is 0 Å². The summed E-state index contributed by atoms with van der Waals surface area (Å²) in [5.74, 6) is 0. The van der Waals surface area contributed by atoms with Crippen LogP contribution < -0.4 is 4.90 Å². The molecule has 2 heterocycles. The van der Waals surface area contributed by atoms with E-state index >= 15 is 0 Å². The number of rotatable bonds is 9. The maximum atomic E-state index is 2.42. The average molecular weight is 930 g/mol. The maximum Gasteiger partial charge on any atom is 0.0547 e. The highest BCUT2D eigenvalue weighted by atomic mass is 15.1. The van der Waals surface area contributed by atoms with Gasteiger partial charge in [-0.3, -0.25) is 0 Å². The van der Waals surface area contributed by atoms with E-state index in [1.54, 1.807) is 0 Å². The van der Waals surface area contributed by atoms with Gasteiger partial charge in [0, 0.05) is 49.7 Å². The predicted molar refractivity (Wildman–Crippen MR) is 309 cm³/mol. The summed E-state index contributed by atoms with van der Waals surface area (Å²) in [5.41, 5.74) is 19.9. The van der Waals surface area contributed by atoms with Crippen molar-refractivity contribution in [1.82, 2.24) is 9.13 Å². The van der Waals surface area contributed by atoms with Crippen molar-refractivity contribution in [3.8, 4) is 55.9 Å². The zero-order chi connectivity index (χ0) is 48.2. The molecule has 73 heavy (non-hydrogen) atoms. The van der Waals surface area contributed by atoms with Gasteiger partial charge in [0.2, 0.25) is 0 Å². The van der Waals surface area contributed by atoms with Crippen molar-refractivity contribution in [2.75, 3.05) is 4.90 Å². The van der Waals surface area contributed by atoms with E-state index in [1.165, 1.54) is 93.3 Å². The number of hydrogen-bond acceptors (Lipinski definition) is 1. The Balaban J connectivity index is 0.887.